The van der Waals surface area contributed by atoms with Gasteiger partial charge in [0.1, 0.15) is 0 Å². The highest BCUT2D eigenvalue weighted by molar-refractivity contribution is 5.79. The van der Waals surface area contributed by atoms with Gasteiger partial charge in [-0.05, 0) is 25.9 Å². The van der Waals surface area contributed by atoms with Crippen molar-refractivity contribution in [3.63, 3.8) is 0 Å². The predicted octanol–water partition coefficient (Wildman–Crippen LogP) is -0.467. The van der Waals surface area contributed by atoms with Gasteiger partial charge in [0.05, 0.1) is 6.54 Å². The van der Waals surface area contributed by atoms with Crippen molar-refractivity contribution in [2.45, 2.75) is 12.8 Å². The Bertz CT molecular complexity index is 258. The normalized spacial score (nSPS) is 18.2. The highest BCUT2D eigenvalue weighted by Gasteiger charge is 2.26. The van der Waals surface area contributed by atoms with Gasteiger partial charge in [-0.25, -0.2) is 0 Å². The minimum absolute atomic E-state index is 0.0392. The summed E-state index contributed by atoms with van der Waals surface area (Å²) in [6.45, 7) is 2.11. The van der Waals surface area contributed by atoms with Crippen LogP contribution in [0.3, 0.4) is 0 Å². The topological polar surface area (TPSA) is 52.7 Å². The van der Waals surface area contributed by atoms with Crippen molar-refractivity contribution in [3.05, 3.63) is 0 Å². The Labute approximate surface area is 96.8 Å². The Morgan fingerprint density at radius 2 is 1.88 bits per heavy atom. The van der Waals surface area contributed by atoms with Gasteiger partial charge in [-0.15, -0.1) is 0 Å². The van der Waals surface area contributed by atoms with Crippen LogP contribution in [0.2, 0.25) is 0 Å². The van der Waals surface area contributed by atoms with E-state index in [4.69, 9.17) is 0 Å². The molecule has 0 aliphatic carbocycles. The molecule has 92 valence electrons. The second kappa shape index (κ2) is 5.84. The van der Waals surface area contributed by atoms with Crippen LogP contribution in [0.15, 0.2) is 0 Å². The Hall–Kier alpha value is -1.10. The van der Waals surface area contributed by atoms with Gasteiger partial charge in [0, 0.05) is 27.1 Å². The number of nitrogens with one attached hydrogen (secondary N) is 1. The summed E-state index contributed by atoms with van der Waals surface area (Å²) in [5.74, 6) is 0.382. The van der Waals surface area contributed by atoms with E-state index >= 15 is 0 Å². The molecule has 0 aromatic carbocycles. The van der Waals surface area contributed by atoms with Crippen LogP contribution in [0.25, 0.3) is 0 Å². The third-order valence-corrected chi connectivity index (χ3v) is 3.02. The van der Waals surface area contributed by atoms with Gasteiger partial charge in [-0.2, -0.15) is 0 Å². The molecule has 0 radical (unpaired) electrons. The van der Waals surface area contributed by atoms with Gasteiger partial charge in [0.25, 0.3) is 0 Å². The first-order valence-corrected chi connectivity index (χ1v) is 5.68. The number of rotatable bonds is 3. The molecule has 0 spiro atoms. The van der Waals surface area contributed by atoms with Crippen LogP contribution in [0.1, 0.15) is 12.8 Å². The molecule has 1 N–H and O–H groups in total. The maximum Gasteiger partial charge on any atom is 0.233 e. The molecule has 0 bridgehead atoms. The van der Waals surface area contributed by atoms with E-state index in [9.17, 15) is 9.59 Å². The second-order valence-electron chi connectivity index (χ2n) is 4.46. The Balaban J connectivity index is 2.34. The molecule has 1 heterocycles. The number of hydrogen-bond acceptors (Lipinski definition) is 3. The third kappa shape index (κ3) is 3.48. The standard InChI is InChI=1S/C11H21N3O2/c1-12-10(15)8-14-6-4-9(5-7-14)11(16)13(2)3/h9H,4-8H2,1-3H3,(H,12,15). The molecule has 5 heteroatoms. The van der Waals surface area contributed by atoms with Gasteiger partial charge in [-0.3, -0.25) is 14.5 Å². The lowest BCUT2D eigenvalue weighted by molar-refractivity contribution is -0.134. The summed E-state index contributed by atoms with van der Waals surface area (Å²) < 4.78 is 0. The number of carbonyl (C=O) groups is 2. The van der Waals surface area contributed by atoms with Crippen LogP contribution in [-0.2, 0) is 9.59 Å². The average Bonchev–Trinajstić information content (AvgIpc) is 2.28. The number of amides is 2. The summed E-state index contributed by atoms with van der Waals surface area (Å²) in [7, 11) is 5.23. The molecule has 1 aliphatic rings. The van der Waals surface area contributed by atoms with Crippen molar-refractivity contribution in [2.75, 3.05) is 40.8 Å². The molecule has 5 nitrogen and oxygen atoms in total. The van der Waals surface area contributed by atoms with Crippen LogP contribution >= 0.6 is 0 Å². The van der Waals surface area contributed by atoms with Crippen LogP contribution in [0, 0.1) is 5.92 Å². The number of likely N-dealkylation sites (tertiary alicyclic amines) is 1. The van der Waals surface area contributed by atoms with Crippen LogP contribution in [0.4, 0.5) is 0 Å². The van der Waals surface area contributed by atoms with E-state index in [1.807, 2.05) is 0 Å². The lowest BCUT2D eigenvalue weighted by Gasteiger charge is -2.31. The number of nitrogens with zero attached hydrogens (tertiary/aromatic N) is 2. The van der Waals surface area contributed by atoms with Crippen molar-refractivity contribution in [1.82, 2.24) is 15.1 Å². The first kappa shape index (κ1) is 13.0. The summed E-state index contributed by atoms with van der Waals surface area (Å²) in [4.78, 5) is 26.6. The Kier molecular flexibility index (Phi) is 4.73. The molecule has 2 amide bonds. The molecule has 1 rings (SSSR count). The molecule has 0 aromatic heterocycles. The molecule has 16 heavy (non-hydrogen) atoms. The van der Waals surface area contributed by atoms with E-state index in [0.29, 0.717) is 6.54 Å². The number of likely N-dealkylation sites (N-methyl/N-ethyl adjacent to an activating group) is 1. The maximum absolute atomic E-state index is 11.7. The molecule has 0 aromatic rings. The van der Waals surface area contributed by atoms with Crippen molar-refractivity contribution in [1.29, 1.82) is 0 Å². The van der Waals surface area contributed by atoms with E-state index in [1.165, 1.54) is 0 Å². The fourth-order valence-corrected chi connectivity index (χ4v) is 1.99. The van der Waals surface area contributed by atoms with Crippen molar-refractivity contribution < 1.29 is 9.59 Å². The minimum atomic E-state index is 0.0392. The highest BCUT2D eigenvalue weighted by Crippen LogP contribution is 2.18. The maximum atomic E-state index is 11.7. The fraction of sp³-hybridized carbons (Fsp3) is 0.818. The Morgan fingerprint density at radius 1 is 1.31 bits per heavy atom. The summed E-state index contributed by atoms with van der Waals surface area (Å²) >= 11 is 0. The number of carbonyl (C=O) groups excluding carboxylic acids is 2. The van der Waals surface area contributed by atoms with Gasteiger partial charge in [0.15, 0.2) is 0 Å². The monoisotopic (exact) mass is 227 g/mol. The molecule has 0 atom stereocenters. The van der Waals surface area contributed by atoms with Crippen molar-refractivity contribution in [3.8, 4) is 0 Å². The van der Waals surface area contributed by atoms with Crippen LogP contribution < -0.4 is 5.32 Å². The molecule has 1 fully saturated rings. The van der Waals surface area contributed by atoms with Crippen LogP contribution in [0.5, 0.6) is 0 Å². The first-order chi connectivity index (χ1) is 7.54. The van der Waals surface area contributed by atoms with Gasteiger partial charge >= 0.3 is 0 Å². The number of hydrogen-bond donors (Lipinski definition) is 1. The molecule has 0 unspecified atom stereocenters. The highest BCUT2D eigenvalue weighted by atomic mass is 16.2. The SMILES string of the molecule is CNC(=O)CN1CCC(C(=O)N(C)C)CC1. The van der Waals surface area contributed by atoms with Crippen LogP contribution in [-0.4, -0.2) is 62.4 Å². The number of piperidine rings is 1. The molecule has 0 saturated carbocycles. The molecular formula is C11H21N3O2. The van der Waals surface area contributed by atoms with Gasteiger partial charge in [0.2, 0.25) is 11.8 Å². The average molecular weight is 227 g/mol. The predicted molar refractivity (Wildman–Crippen MR) is 61.9 cm³/mol. The zero-order valence-corrected chi connectivity index (χ0v) is 10.3. The van der Waals surface area contributed by atoms with E-state index < -0.39 is 0 Å². The zero-order chi connectivity index (χ0) is 12.1. The van der Waals surface area contributed by atoms with Gasteiger partial charge in [-0.1, -0.05) is 0 Å². The third-order valence-electron chi connectivity index (χ3n) is 3.02. The second-order valence-corrected chi connectivity index (χ2v) is 4.46. The zero-order valence-electron chi connectivity index (χ0n) is 10.3. The van der Waals surface area contributed by atoms with E-state index in [2.05, 4.69) is 10.2 Å². The fourth-order valence-electron chi connectivity index (χ4n) is 1.99. The largest absolute Gasteiger partial charge is 0.358 e. The summed E-state index contributed by atoms with van der Waals surface area (Å²) in [5.41, 5.74) is 0. The molecule has 1 saturated heterocycles. The van der Waals surface area contributed by atoms with Crippen molar-refractivity contribution >= 4 is 11.8 Å². The van der Waals surface area contributed by atoms with E-state index in [-0.39, 0.29) is 17.7 Å². The smallest absolute Gasteiger partial charge is 0.233 e. The Morgan fingerprint density at radius 3 is 2.31 bits per heavy atom. The molecule has 1 aliphatic heterocycles. The quantitative estimate of drug-likeness (QED) is 0.709. The lowest BCUT2D eigenvalue weighted by Crippen LogP contribution is -2.43. The van der Waals surface area contributed by atoms with Gasteiger partial charge < -0.3 is 10.2 Å². The first-order valence-electron chi connectivity index (χ1n) is 5.68. The van der Waals surface area contributed by atoms with E-state index in [1.54, 1.807) is 26.0 Å². The lowest BCUT2D eigenvalue weighted by atomic mass is 9.95. The summed E-state index contributed by atoms with van der Waals surface area (Å²) in [5, 5.41) is 2.61. The summed E-state index contributed by atoms with van der Waals surface area (Å²) in [6, 6.07) is 0. The van der Waals surface area contributed by atoms with E-state index in [0.717, 1.165) is 25.9 Å². The molecular weight excluding hydrogens is 206 g/mol. The summed E-state index contributed by atoms with van der Waals surface area (Å²) in [6.07, 6.45) is 1.71. The minimum Gasteiger partial charge on any atom is -0.358 e. The van der Waals surface area contributed by atoms with Crippen molar-refractivity contribution in [2.24, 2.45) is 5.92 Å².